The molecule has 0 aliphatic carbocycles. The zero-order valence-corrected chi connectivity index (χ0v) is 9.90. The van der Waals surface area contributed by atoms with Crippen molar-refractivity contribution in [3.05, 3.63) is 11.3 Å². The molecule has 0 saturated heterocycles. The number of hydrogen-bond acceptors (Lipinski definition) is 5. The normalized spacial score (nSPS) is 21.6. The van der Waals surface area contributed by atoms with Crippen molar-refractivity contribution in [2.45, 2.75) is 19.9 Å². The number of allylic oxidation sites excluding steroid dienone is 1. The zero-order valence-electron chi connectivity index (χ0n) is 9.90. The molecule has 0 amide bonds. The largest absolute Gasteiger partial charge is 0.478 e. The summed E-state index contributed by atoms with van der Waals surface area (Å²) in [4.78, 5) is 11.2. The molecule has 1 aliphatic rings. The summed E-state index contributed by atoms with van der Waals surface area (Å²) < 4.78 is 1.69. The molecule has 0 bridgehead atoms. The summed E-state index contributed by atoms with van der Waals surface area (Å²) in [7, 11) is 3.46. The standard InChI is InChI=1S/C9H17N5O2/c1-5-7(8(15)16)6(2)14(11-3)9(12-10)13(5)4/h6,11H,10H2,1-4H3,(H,15,16)/p+1/t6-/m1/s1. The van der Waals surface area contributed by atoms with E-state index in [4.69, 9.17) is 10.9 Å². The van der Waals surface area contributed by atoms with Crippen LogP contribution >= 0.6 is 0 Å². The highest BCUT2D eigenvalue weighted by Gasteiger charge is 2.38. The molecule has 0 aromatic rings. The quantitative estimate of drug-likeness (QED) is 0.265. The summed E-state index contributed by atoms with van der Waals surface area (Å²) in [6, 6.07) is -0.301. The molecule has 0 saturated carbocycles. The van der Waals surface area contributed by atoms with Gasteiger partial charge in [0.1, 0.15) is 11.6 Å². The van der Waals surface area contributed by atoms with Crippen LogP contribution in [0.4, 0.5) is 0 Å². The molecular weight excluding hydrogens is 210 g/mol. The lowest BCUT2D eigenvalue weighted by Gasteiger charge is -2.30. The maximum absolute atomic E-state index is 11.2. The fourth-order valence-electron chi connectivity index (χ4n) is 1.92. The van der Waals surface area contributed by atoms with Gasteiger partial charge in [-0.25, -0.2) is 14.8 Å². The predicted molar refractivity (Wildman–Crippen MR) is 59.2 cm³/mol. The first-order valence-electron chi connectivity index (χ1n) is 4.93. The van der Waals surface area contributed by atoms with E-state index in [2.05, 4.69) is 10.9 Å². The van der Waals surface area contributed by atoms with Crippen molar-refractivity contribution in [2.75, 3.05) is 14.1 Å². The zero-order chi connectivity index (χ0) is 12.5. The van der Waals surface area contributed by atoms with E-state index in [0.717, 1.165) is 0 Å². The first-order chi connectivity index (χ1) is 7.45. The van der Waals surface area contributed by atoms with Gasteiger partial charge in [-0.2, -0.15) is 16.3 Å². The van der Waals surface area contributed by atoms with E-state index < -0.39 is 5.97 Å². The summed E-state index contributed by atoms with van der Waals surface area (Å²) in [6.45, 7) is 3.55. The number of aliphatic carboxylic acids is 1. The Labute approximate surface area is 94.2 Å². The van der Waals surface area contributed by atoms with Crippen LogP contribution in [0.2, 0.25) is 0 Å². The minimum atomic E-state index is -0.923. The Kier molecular flexibility index (Phi) is 3.51. The lowest BCUT2D eigenvalue weighted by Crippen LogP contribution is -2.60. The van der Waals surface area contributed by atoms with Crippen molar-refractivity contribution in [2.24, 2.45) is 5.84 Å². The maximum atomic E-state index is 11.2. The van der Waals surface area contributed by atoms with E-state index in [-0.39, 0.29) is 6.04 Å². The monoisotopic (exact) mass is 228 g/mol. The van der Waals surface area contributed by atoms with E-state index in [0.29, 0.717) is 17.2 Å². The number of nitrogens with one attached hydrogen (secondary N) is 2. The fourth-order valence-corrected chi connectivity index (χ4v) is 1.92. The van der Waals surface area contributed by atoms with Crippen LogP contribution in [0.1, 0.15) is 13.8 Å². The first kappa shape index (κ1) is 12.5. The second-order valence-electron chi connectivity index (χ2n) is 3.60. The van der Waals surface area contributed by atoms with Gasteiger partial charge >= 0.3 is 11.9 Å². The maximum Gasteiger partial charge on any atom is 0.387 e. The van der Waals surface area contributed by atoms with Gasteiger partial charge in [0.25, 0.3) is 0 Å². The molecule has 5 N–H and O–H groups in total. The molecule has 7 heteroatoms. The van der Waals surface area contributed by atoms with Crippen LogP contribution in [0.3, 0.4) is 0 Å². The number of carboxylic acids is 1. The molecule has 90 valence electrons. The summed E-state index contributed by atoms with van der Waals surface area (Å²) >= 11 is 0. The number of guanidine groups is 1. The topological polar surface area (TPSA) is 93.6 Å². The van der Waals surface area contributed by atoms with E-state index in [1.165, 1.54) is 0 Å². The van der Waals surface area contributed by atoms with Gasteiger partial charge in [0, 0.05) is 7.05 Å². The second-order valence-corrected chi connectivity index (χ2v) is 3.60. The molecule has 1 atom stereocenters. The van der Waals surface area contributed by atoms with Gasteiger partial charge in [-0.05, 0) is 13.8 Å². The third kappa shape index (κ3) is 1.74. The average molecular weight is 228 g/mol. The van der Waals surface area contributed by atoms with Crippen LogP contribution in [-0.2, 0) is 4.79 Å². The molecule has 0 fully saturated rings. The molecule has 1 rings (SSSR count). The molecule has 0 aromatic carbocycles. The minimum absolute atomic E-state index is 0.301. The van der Waals surface area contributed by atoms with Gasteiger partial charge in [-0.3, -0.25) is 0 Å². The molecule has 0 spiro atoms. The highest BCUT2D eigenvalue weighted by Crippen LogP contribution is 2.19. The summed E-state index contributed by atoms with van der Waals surface area (Å²) in [6.07, 6.45) is 0. The van der Waals surface area contributed by atoms with E-state index >= 15 is 0 Å². The van der Waals surface area contributed by atoms with Crippen LogP contribution in [0, 0.1) is 0 Å². The molecule has 0 unspecified atom stereocenters. The van der Waals surface area contributed by atoms with Crippen LogP contribution in [0.5, 0.6) is 0 Å². The third-order valence-corrected chi connectivity index (χ3v) is 2.84. The van der Waals surface area contributed by atoms with E-state index in [1.807, 2.05) is 0 Å². The number of rotatable bonds is 2. The fraction of sp³-hybridized carbons (Fsp3) is 0.556. The summed E-state index contributed by atoms with van der Waals surface area (Å²) in [5, 5.41) is 10.8. The van der Waals surface area contributed by atoms with Crippen molar-refractivity contribution in [1.82, 2.24) is 15.9 Å². The Hall–Kier alpha value is -1.60. The van der Waals surface area contributed by atoms with Crippen LogP contribution < -0.4 is 16.7 Å². The third-order valence-electron chi connectivity index (χ3n) is 2.84. The van der Waals surface area contributed by atoms with Gasteiger partial charge < -0.3 is 5.11 Å². The lowest BCUT2D eigenvalue weighted by atomic mass is 10.0. The van der Waals surface area contributed by atoms with Crippen molar-refractivity contribution in [3.63, 3.8) is 0 Å². The number of nitrogens with two attached hydrogens (primary N) is 1. The number of carboxylic acid groups (broad SMARTS) is 1. The Morgan fingerprint density at radius 2 is 2.19 bits per heavy atom. The van der Waals surface area contributed by atoms with Crippen LogP contribution in [0.25, 0.3) is 0 Å². The Morgan fingerprint density at radius 1 is 1.62 bits per heavy atom. The SMILES string of the molecule is CNN1C(NN)=[N+](C)C(C)=C(C(=O)O)[C@H]1C. The molecule has 16 heavy (non-hydrogen) atoms. The smallest absolute Gasteiger partial charge is 0.387 e. The summed E-state index contributed by atoms with van der Waals surface area (Å²) in [5.41, 5.74) is 6.47. The van der Waals surface area contributed by atoms with Gasteiger partial charge in [-0.1, -0.05) is 0 Å². The average Bonchev–Trinajstić information content (AvgIpc) is 2.22. The number of nitrogens with zero attached hydrogens (tertiary/aromatic N) is 2. The van der Waals surface area contributed by atoms with Crippen molar-refractivity contribution >= 4 is 11.9 Å². The number of hydrogen-bond donors (Lipinski definition) is 4. The van der Waals surface area contributed by atoms with E-state index in [1.54, 1.807) is 37.5 Å². The van der Waals surface area contributed by atoms with Crippen LogP contribution in [0.15, 0.2) is 11.3 Å². The number of carbonyl (C=O) groups is 1. The second kappa shape index (κ2) is 4.50. The van der Waals surface area contributed by atoms with Gasteiger partial charge in [0.2, 0.25) is 0 Å². The van der Waals surface area contributed by atoms with Gasteiger partial charge in [0.15, 0.2) is 0 Å². The predicted octanol–water partition coefficient (Wildman–Crippen LogP) is -1.35. The number of hydrazine groups is 2. The first-order valence-corrected chi connectivity index (χ1v) is 4.93. The highest BCUT2D eigenvalue weighted by molar-refractivity contribution is 5.91. The van der Waals surface area contributed by atoms with Gasteiger partial charge in [-0.15, -0.1) is 0 Å². The van der Waals surface area contributed by atoms with Crippen molar-refractivity contribution in [1.29, 1.82) is 0 Å². The minimum Gasteiger partial charge on any atom is -0.478 e. The molecule has 0 radical (unpaired) electrons. The van der Waals surface area contributed by atoms with Crippen molar-refractivity contribution in [3.8, 4) is 0 Å². The Morgan fingerprint density at radius 3 is 2.56 bits per heavy atom. The summed E-state index contributed by atoms with van der Waals surface area (Å²) in [5.74, 6) is 5.11. The van der Waals surface area contributed by atoms with Crippen LogP contribution in [-0.4, -0.2) is 46.8 Å². The molecule has 1 heterocycles. The van der Waals surface area contributed by atoms with E-state index in [9.17, 15) is 4.79 Å². The van der Waals surface area contributed by atoms with Gasteiger partial charge in [0.05, 0.1) is 12.7 Å². The molecule has 1 aliphatic heterocycles. The Bertz CT molecular complexity index is 374. The molecule has 7 nitrogen and oxygen atoms in total. The molecule has 0 aromatic heterocycles. The molecular formula is C9H18N5O2+. The lowest BCUT2D eigenvalue weighted by molar-refractivity contribution is -0.458. The van der Waals surface area contributed by atoms with Crippen molar-refractivity contribution < 1.29 is 14.5 Å². The Balaban J connectivity index is 3.35. The highest BCUT2D eigenvalue weighted by atomic mass is 16.4.